The first-order chi connectivity index (χ1) is 5.77. The van der Waals surface area contributed by atoms with Crippen LogP contribution in [0.1, 0.15) is 5.56 Å². The van der Waals surface area contributed by atoms with E-state index in [1.165, 1.54) is 11.1 Å². The van der Waals surface area contributed by atoms with E-state index >= 15 is 0 Å². The second kappa shape index (κ2) is 5.05. The lowest BCUT2D eigenvalue weighted by atomic mass is 10.1. The van der Waals surface area contributed by atoms with Gasteiger partial charge in [0.2, 0.25) is 0 Å². The van der Waals surface area contributed by atoms with E-state index < -0.39 is 0 Å². The van der Waals surface area contributed by atoms with Gasteiger partial charge in [-0.05, 0) is 28.3 Å². The summed E-state index contributed by atoms with van der Waals surface area (Å²) in [5.41, 5.74) is 2.37. The zero-order chi connectivity index (χ0) is 8.97. The Morgan fingerprint density at radius 3 is 2.33 bits per heavy atom. The monoisotopic (exact) mass is 308 g/mol. The molecular formula is C9H7Br2Cl. The minimum atomic E-state index is 0.766. The van der Waals surface area contributed by atoms with E-state index in [2.05, 4.69) is 31.9 Å². The van der Waals surface area contributed by atoms with E-state index in [1.807, 2.05) is 29.3 Å². The number of halogens is 3. The van der Waals surface area contributed by atoms with Crippen molar-refractivity contribution in [1.29, 1.82) is 0 Å². The van der Waals surface area contributed by atoms with Crippen molar-refractivity contribution in [1.82, 2.24) is 0 Å². The molecule has 0 saturated carbocycles. The maximum atomic E-state index is 5.76. The molecule has 0 N–H and O–H groups in total. The van der Waals surface area contributed by atoms with E-state index in [0.29, 0.717) is 0 Å². The molecule has 1 aromatic carbocycles. The van der Waals surface area contributed by atoms with Crippen LogP contribution in [0.15, 0.2) is 29.3 Å². The van der Waals surface area contributed by atoms with Crippen LogP contribution >= 0.6 is 43.5 Å². The van der Waals surface area contributed by atoms with Crippen molar-refractivity contribution >= 4 is 49.0 Å². The fraction of sp³-hybridized carbons (Fsp3) is 0.111. The molecule has 0 aromatic heterocycles. The van der Waals surface area contributed by atoms with Crippen molar-refractivity contribution in [3.8, 4) is 0 Å². The van der Waals surface area contributed by atoms with Crippen LogP contribution in [0.5, 0.6) is 0 Å². The Morgan fingerprint density at radius 2 is 1.92 bits per heavy atom. The number of hydrogen-bond donors (Lipinski definition) is 0. The zero-order valence-corrected chi connectivity index (χ0v) is 10.2. The SMILES string of the molecule is Clc1ccc(/C(=C/Br)CBr)cc1. The van der Waals surface area contributed by atoms with Gasteiger partial charge in [0.15, 0.2) is 0 Å². The van der Waals surface area contributed by atoms with E-state index in [0.717, 1.165) is 10.4 Å². The molecule has 0 fully saturated rings. The van der Waals surface area contributed by atoms with Crippen LogP contribution in [0, 0.1) is 0 Å². The molecule has 1 aromatic rings. The Morgan fingerprint density at radius 1 is 1.33 bits per heavy atom. The van der Waals surface area contributed by atoms with Crippen LogP contribution in [0.3, 0.4) is 0 Å². The molecule has 0 nitrogen and oxygen atoms in total. The molecule has 0 saturated heterocycles. The molecule has 12 heavy (non-hydrogen) atoms. The van der Waals surface area contributed by atoms with E-state index in [1.54, 1.807) is 0 Å². The van der Waals surface area contributed by atoms with Crippen molar-refractivity contribution in [2.24, 2.45) is 0 Å². The topological polar surface area (TPSA) is 0 Å². The quantitative estimate of drug-likeness (QED) is 0.707. The minimum Gasteiger partial charge on any atom is -0.0876 e. The highest BCUT2D eigenvalue weighted by molar-refractivity contribution is 9.11. The van der Waals surface area contributed by atoms with Gasteiger partial charge in [-0.3, -0.25) is 0 Å². The van der Waals surface area contributed by atoms with E-state index in [-0.39, 0.29) is 0 Å². The molecule has 0 aliphatic carbocycles. The van der Waals surface area contributed by atoms with Crippen LogP contribution in [0.25, 0.3) is 5.57 Å². The Bertz CT molecular complexity index is 277. The molecular weight excluding hydrogens is 303 g/mol. The van der Waals surface area contributed by atoms with Crippen molar-refractivity contribution in [2.75, 3.05) is 5.33 Å². The molecule has 0 spiro atoms. The maximum Gasteiger partial charge on any atom is 0.0406 e. The molecule has 0 radical (unpaired) electrons. The first-order valence-corrected chi connectivity index (χ1v) is 5.80. The van der Waals surface area contributed by atoms with Crippen molar-refractivity contribution in [2.45, 2.75) is 0 Å². The average molecular weight is 310 g/mol. The van der Waals surface area contributed by atoms with Crippen LogP contribution in [0.4, 0.5) is 0 Å². The second-order valence-corrected chi connectivity index (χ2v) is 3.73. The molecule has 0 aliphatic heterocycles. The summed E-state index contributed by atoms with van der Waals surface area (Å²) in [6.45, 7) is 0. The van der Waals surface area contributed by atoms with Gasteiger partial charge in [0.05, 0.1) is 0 Å². The highest BCUT2D eigenvalue weighted by Crippen LogP contribution is 2.20. The van der Waals surface area contributed by atoms with Gasteiger partial charge >= 0.3 is 0 Å². The number of alkyl halides is 1. The van der Waals surface area contributed by atoms with Gasteiger partial charge in [-0.15, -0.1) is 0 Å². The Balaban J connectivity index is 2.96. The fourth-order valence-electron chi connectivity index (χ4n) is 0.833. The summed E-state index contributed by atoms with van der Waals surface area (Å²) in [7, 11) is 0. The Kier molecular flexibility index (Phi) is 4.33. The fourth-order valence-corrected chi connectivity index (χ4v) is 2.31. The summed E-state index contributed by atoms with van der Waals surface area (Å²) in [6, 6.07) is 7.76. The first-order valence-electron chi connectivity index (χ1n) is 3.39. The first kappa shape index (κ1) is 10.3. The third kappa shape index (κ3) is 2.61. The van der Waals surface area contributed by atoms with Gasteiger partial charge in [-0.1, -0.05) is 55.6 Å². The third-order valence-corrected chi connectivity index (χ3v) is 2.90. The Hall–Kier alpha value is 0.210. The number of allylic oxidation sites excluding steroid dienone is 1. The molecule has 1 rings (SSSR count). The summed E-state index contributed by atoms with van der Waals surface area (Å²) in [5, 5.41) is 1.60. The molecule has 0 heterocycles. The minimum absolute atomic E-state index is 0.766. The average Bonchev–Trinajstić information content (AvgIpc) is 2.10. The maximum absolute atomic E-state index is 5.76. The predicted octanol–water partition coefficient (Wildman–Crippen LogP) is 4.47. The van der Waals surface area contributed by atoms with Crippen molar-refractivity contribution < 1.29 is 0 Å². The highest BCUT2D eigenvalue weighted by Gasteiger charge is 1.97. The van der Waals surface area contributed by atoms with Gasteiger partial charge < -0.3 is 0 Å². The summed E-state index contributed by atoms with van der Waals surface area (Å²) in [6.07, 6.45) is 0. The lowest BCUT2D eigenvalue weighted by molar-refractivity contribution is 1.59. The Labute approximate surface area is 93.9 Å². The van der Waals surface area contributed by atoms with Crippen molar-refractivity contribution in [3.05, 3.63) is 39.8 Å². The van der Waals surface area contributed by atoms with Gasteiger partial charge in [0.1, 0.15) is 0 Å². The van der Waals surface area contributed by atoms with E-state index in [4.69, 9.17) is 11.6 Å². The number of hydrogen-bond acceptors (Lipinski definition) is 0. The lowest BCUT2D eigenvalue weighted by Gasteiger charge is -2.01. The van der Waals surface area contributed by atoms with Gasteiger partial charge in [0, 0.05) is 10.4 Å². The van der Waals surface area contributed by atoms with E-state index in [9.17, 15) is 0 Å². The summed E-state index contributed by atoms with van der Waals surface area (Å²) in [5.74, 6) is 0. The highest BCUT2D eigenvalue weighted by atomic mass is 79.9. The van der Waals surface area contributed by atoms with Crippen molar-refractivity contribution in [3.63, 3.8) is 0 Å². The molecule has 0 unspecified atom stereocenters. The van der Waals surface area contributed by atoms with Crippen LogP contribution in [-0.2, 0) is 0 Å². The van der Waals surface area contributed by atoms with Gasteiger partial charge in [-0.25, -0.2) is 0 Å². The number of rotatable bonds is 2. The smallest absolute Gasteiger partial charge is 0.0406 e. The molecule has 0 aliphatic rings. The van der Waals surface area contributed by atoms with Gasteiger partial charge in [0.25, 0.3) is 0 Å². The molecule has 0 atom stereocenters. The largest absolute Gasteiger partial charge is 0.0876 e. The normalized spacial score (nSPS) is 11.8. The molecule has 64 valence electrons. The van der Waals surface area contributed by atoms with Crippen LogP contribution in [-0.4, -0.2) is 5.33 Å². The third-order valence-electron chi connectivity index (χ3n) is 1.49. The summed E-state index contributed by atoms with van der Waals surface area (Å²) in [4.78, 5) is 1.91. The predicted molar refractivity (Wildman–Crippen MR) is 62.2 cm³/mol. The summed E-state index contributed by atoms with van der Waals surface area (Å²) >= 11 is 12.5. The zero-order valence-electron chi connectivity index (χ0n) is 6.23. The number of benzene rings is 1. The second-order valence-electron chi connectivity index (χ2n) is 2.27. The standard InChI is InChI=1S/C9H7Br2Cl/c10-5-8(6-11)7-1-3-9(12)4-2-7/h1-5H,6H2/b8-5+. The van der Waals surface area contributed by atoms with Crippen LogP contribution in [0.2, 0.25) is 5.02 Å². The van der Waals surface area contributed by atoms with Gasteiger partial charge in [-0.2, -0.15) is 0 Å². The molecule has 0 amide bonds. The molecule has 0 bridgehead atoms. The lowest BCUT2D eigenvalue weighted by Crippen LogP contribution is -1.82. The summed E-state index contributed by atoms with van der Waals surface area (Å²) < 4.78 is 0. The van der Waals surface area contributed by atoms with Crippen LogP contribution < -0.4 is 0 Å². The molecule has 3 heteroatoms.